The van der Waals surface area contributed by atoms with E-state index < -0.39 is 0 Å². The second kappa shape index (κ2) is 7.52. The zero-order chi connectivity index (χ0) is 16.9. The first-order valence-corrected chi connectivity index (χ1v) is 8.81. The predicted octanol–water partition coefficient (Wildman–Crippen LogP) is 3.85. The summed E-state index contributed by atoms with van der Waals surface area (Å²) in [6.07, 6.45) is 2.31. The van der Waals surface area contributed by atoms with Crippen LogP contribution in [0.2, 0.25) is 0 Å². The Kier molecular flexibility index (Phi) is 5.19. The molecule has 2 aromatic carbocycles. The Balaban J connectivity index is 1.55. The largest absolute Gasteiger partial charge is 0.399 e. The number of nitrogen functional groups attached to an aromatic ring is 1. The highest BCUT2D eigenvalue weighted by atomic mass is 16.2. The summed E-state index contributed by atoms with van der Waals surface area (Å²) in [6.45, 7) is 3.96. The standard InChI is InChI=1S/C21H26N2O/c1-16-15-23(14-13-19(16)17-7-3-2-4-8-17)21(24)12-11-18-9-5-6-10-20(18)22/h2-10,16,19H,11-15,22H2,1H3. The van der Waals surface area contributed by atoms with Crippen molar-refractivity contribution in [2.75, 3.05) is 18.8 Å². The fourth-order valence-electron chi connectivity index (χ4n) is 3.73. The van der Waals surface area contributed by atoms with Crippen molar-refractivity contribution >= 4 is 11.6 Å². The normalized spacial score (nSPS) is 20.8. The Morgan fingerprint density at radius 3 is 2.54 bits per heavy atom. The van der Waals surface area contributed by atoms with E-state index >= 15 is 0 Å². The lowest BCUT2D eigenvalue weighted by Crippen LogP contribution is -2.42. The van der Waals surface area contributed by atoms with Crippen LogP contribution in [0.3, 0.4) is 0 Å². The Labute approximate surface area is 144 Å². The van der Waals surface area contributed by atoms with Crippen LogP contribution in [0.1, 0.15) is 36.8 Å². The second-order valence-electron chi connectivity index (χ2n) is 6.82. The van der Waals surface area contributed by atoms with Crippen LogP contribution in [0.15, 0.2) is 54.6 Å². The molecule has 3 rings (SSSR count). The van der Waals surface area contributed by atoms with Crippen LogP contribution in [0.25, 0.3) is 0 Å². The fourth-order valence-corrected chi connectivity index (χ4v) is 3.73. The van der Waals surface area contributed by atoms with Crippen LogP contribution in [0.5, 0.6) is 0 Å². The van der Waals surface area contributed by atoms with Crippen LogP contribution in [0, 0.1) is 5.92 Å². The molecule has 1 fully saturated rings. The summed E-state index contributed by atoms with van der Waals surface area (Å²) in [5.74, 6) is 1.29. The zero-order valence-corrected chi connectivity index (χ0v) is 14.3. The average molecular weight is 322 g/mol. The quantitative estimate of drug-likeness (QED) is 0.869. The number of rotatable bonds is 4. The van der Waals surface area contributed by atoms with Crippen molar-refractivity contribution in [2.45, 2.75) is 32.1 Å². The molecule has 0 spiro atoms. The third kappa shape index (κ3) is 3.78. The van der Waals surface area contributed by atoms with Gasteiger partial charge in [0.15, 0.2) is 0 Å². The van der Waals surface area contributed by atoms with Gasteiger partial charge in [-0.1, -0.05) is 55.5 Å². The summed E-state index contributed by atoms with van der Waals surface area (Å²) < 4.78 is 0. The van der Waals surface area contributed by atoms with Gasteiger partial charge in [0, 0.05) is 25.2 Å². The van der Waals surface area contributed by atoms with Crippen molar-refractivity contribution in [2.24, 2.45) is 5.92 Å². The number of hydrogen-bond donors (Lipinski definition) is 1. The molecule has 1 heterocycles. The molecule has 0 bridgehead atoms. The van der Waals surface area contributed by atoms with Crippen molar-refractivity contribution in [3.8, 4) is 0 Å². The van der Waals surface area contributed by atoms with E-state index in [2.05, 4.69) is 37.3 Å². The lowest BCUT2D eigenvalue weighted by molar-refractivity contribution is -0.133. The SMILES string of the molecule is CC1CN(C(=O)CCc2ccccc2N)CCC1c1ccccc1. The van der Waals surface area contributed by atoms with E-state index in [1.807, 2.05) is 29.2 Å². The molecule has 0 saturated carbocycles. The third-order valence-electron chi connectivity index (χ3n) is 5.15. The van der Waals surface area contributed by atoms with Crippen molar-refractivity contribution in [3.63, 3.8) is 0 Å². The molecule has 3 heteroatoms. The number of nitrogens with zero attached hydrogens (tertiary/aromatic N) is 1. The molecule has 0 aromatic heterocycles. The van der Waals surface area contributed by atoms with Crippen LogP contribution < -0.4 is 5.73 Å². The summed E-state index contributed by atoms with van der Waals surface area (Å²) in [7, 11) is 0. The first-order valence-electron chi connectivity index (χ1n) is 8.81. The lowest BCUT2D eigenvalue weighted by atomic mass is 9.81. The first-order chi connectivity index (χ1) is 11.6. The molecule has 2 unspecified atom stereocenters. The van der Waals surface area contributed by atoms with E-state index in [1.165, 1.54) is 5.56 Å². The van der Waals surface area contributed by atoms with E-state index in [0.29, 0.717) is 18.3 Å². The number of likely N-dealkylation sites (tertiary alicyclic amines) is 1. The summed E-state index contributed by atoms with van der Waals surface area (Å²) in [6, 6.07) is 18.5. The Morgan fingerprint density at radius 2 is 1.83 bits per heavy atom. The molecule has 1 aliphatic rings. The summed E-state index contributed by atoms with van der Waals surface area (Å²) in [5.41, 5.74) is 9.21. The van der Waals surface area contributed by atoms with Gasteiger partial charge in [0.05, 0.1) is 0 Å². The molecule has 2 atom stereocenters. The van der Waals surface area contributed by atoms with Gasteiger partial charge in [-0.05, 0) is 41.9 Å². The number of piperidine rings is 1. The molecular formula is C21H26N2O. The van der Waals surface area contributed by atoms with Crippen molar-refractivity contribution in [1.82, 2.24) is 4.90 Å². The number of para-hydroxylation sites is 1. The van der Waals surface area contributed by atoms with Crippen LogP contribution in [0.4, 0.5) is 5.69 Å². The molecule has 0 aliphatic carbocycles. The van der Waals surface area contributed by atoms with Gasteiger partial charge in [-0.15, -0.1) is 0 Å². The molecule has 0 radical (unpaired) electrons. The zero-order valence-electron chi connectivity index (χ0n) is 14.3. The average Bonchev–Trinajstić information content (AvgIpc) is 2.61. The highest BCUT2D eigenvalue weighted by Gasteiger charge is 2.29. The van der Waals surface area contributed by atoms with Gasteiger partial charge in [-0.25, -0.2) is 0 Å². The van der Waals surface area contributed by atoms with Gasteiger partial charge in [0.2, 0.25) is 5.91 Å². The Hall–Kier alpha value is -2.29. The van der Waals surface area contributed by atoms with Crippen LogP contribution in [-0.4, -0.2) is 23.9 Å². The Bertz CT molecular complexity index is 683. The van der Waals surface area contributed by atoms with Gasteiger partial charge >= 0.3 is 0 Å². The minimum atomic E-state index is 0.247. The van der Waals surface area contributed by atoms with E-state index in [4.69, 9.17) is 5.73 Å². The maximum Gasteiger partial charge on any atom is 0.222 e. The molecule has 1 saturated heterocycles. The minimum Gasteiger partial charge on any atom is -0.399 e. The topological polar surface area (TPSA) is 46.3 Å². The first kappa shape index (κ1) is 16.6. The molecule has 3 nitrogen and oxygen atoms in total. The fraction of sp³-hybridized carbons (Fsp3) is 0.381. The van der Waals surface area contributed by atoms with Gasteiger partial charge in [0.25, 0.3) is 0 Å². The van der Waals surface area contributed by atoms with Crippen LogP contribution in [-0.2, 0) is 11.2 Å². The van der Waals surface area contributed by atoms with E-state index in [0.717, 1.165) is 37.2 Å². The number of nitrogens with two attached hydrogens (primary N) is 1. The summed E-state index contributed by atoms with van der Waals surface area (Å²) in [5, 5.41) is 0. The number of anilines is 1. The van der Waals surface area contributed by atoms with E-state index in [-0.39, 0.29) is 5.91 Å². The molecule has 2 aromatic rings. The number of amides is 1. The molecular weight excluding hydrogens is 296 g/mol. The Morgan fingerprint density at radius 1 is 1.12 bits per heavy atom. The van der Waals surface area contributed by atoms with Crippen molar-refractivity contribution < 1.29 is 4.79 Å². The number of benzene rings is 2. The van der Waals surface area contributed by atoms with E-state index in [9.17, 15) is 4.79 Å². The summed E-state index contributed by atoms with van der Waals surface area (Å²) >= 11 is 0. The third-order valence-corrected chi connectivity index (χ3v) is 5.15. The summed E-state index contributed by atoms with van der Waals surface area (Å²) in [4.78, 5) is 14.6. The van der Waals surface area contributed by atoms with Gasteiger partial charge < -0.3 is 10.6 Å². The van der Waals surface area contributed by atoms with Crippen molar-refractivity contribution in [1.29, 1.82) is 0 Å². The van der Waals surface area contributed by atoms with Gasteiger partial charge in [-0.2, -0.15) is 0 Å². The van der Waals surface area contributed by atoms with Gasteiger partial charge in [-0.3, -0.25) is 4.79 Å². The van der Waals surface area contributed by atoms with Crippen LogP contribution >= 0.6 is 0 Å². The number of carbonyl (C=O) groups excluding carboxylic acids is 1. The molecule has 24 heavy (non-hydrogen) atoms. The van der Waals surface area contributed by atoms with E-state index in [1.54, 1.807) is 0 Å². The smallest absolute Gasteiger partial charge is 0.222 e. The van der Waals surface area contributed by atoms with Crippen molar-refractivity contribution in [3.05, 3.63) is 65.7 Å². The molecule has 126 valence electrons. The maximum absolute atomic E-state index is 12.6. The molecule has 1 aliphatic heterocycles. The second-order valence-corrected chi connectivity index (χ2v) is 6.82. The number of aryl methyl sites for hydroxylation is 1. The molecule has 2 N–H and O–H groups in total. The highest BCUT2D eigenvalue weighted by molar-refractivity contribution is 5.76. The number of carbonyl (C=O) groups is 1. The predicted molar refractivity (Wildman–Crippen MR) is 98.7 cm³/mol. The monoisotopic (exact) mass is 322 g/mol. The minimum absolute atomic E-state index is 0.247. The van der Waals surface area contributed by atoms with Gasteiger partial charge in [0.1, 0.15) is 0 Å². The highest BCUT2D eigenvalue weighted by Crippen LogP contribution is 2.32. The maximum atomic E-state index is 12.6. The molecule has 1 amide bonds. The lowest BCUT2D eigenvalue weighted by Gasteiger charge is -2.37. The number of hydrogen-bond acceptors (Lipinski definition) is 2.